The number of hydrogen-bond acceptors (Lipinski definition) is 5. The lowest BCUT2D eigenvalue weighted by molar-refractivity contribution is 0.274. The van der Waals surface area contributed by atoms with Crippen LogP contribution >= 0.6 is 0 Å². The van der Waals surface area contributed by atoms with Crippen molar-refractivity contribution in [3.63, 3.8) is 0 Å². The Morgan fingerprint density at radius 2 is 1.79 bits per heavy atom. The summed E-state index contributed by atoms with van der Waals surface area (Å²) in [5.41, 5.74) is 3.90. The summed E-state index contributed by atoms with van der Waals surface area (Å²) >= 11 is 0. The Labute approximate surface area is 169 Å². The molecule has 2 heterocycles. The average Bonchev–Trinajstić information content (AvgIpc) is 2.77. The van der Waals surface area contributed by atoms with Crippen LogP contribution in [0.3, 0.4) is 0 Å². The molecule has 1 aliphatic carbocycles. The number of pyridine rings is 2. The number of aromatic nitrogens is 2. The monoisotopic (exact) mass is 394 g/mol. The van der Waals surface area contributed by atoms with Crippen molar-refractivity contribution in [2.45, 2.75) is 38.9 Å². The summed E-state index contributed by atoms with van der Waals surface area (Å²) in [5, 5.41) is 0. The third-order valence-corrected chi connectivity index (χ3v) is 4.95. The molecule has 0 saturated heterocycles. The standard InChI is InChI=1S/C23H23FN2O3/c1-27-19-10-6-16(7-11-19)14-28-22-12-23(26-21-5-3-2-4-20(21)22)29-15-18-9-8-17(24)13-25-18/h6-13H,2-5,14-15H2,1H3. The Morgan fingerprint density at radius 1 is 0.966 bits per heavy atom. The third-order valence-electron chi connectivity index (χ3n) is 4.95. The van der Waals surface area contributed by atoms with E-state index in [1.807, 2.05) is 30.3 Å². The predicted molar refractivity (Wildman–Crippen MR) is 107 cm³/mol. The van der Waals surface area contributed by atoms with Crippen molar-refractivity contribution in [3.8, 4) is 17.4 Å². The van der Waals surface area contributed by atoms with Gasteiger partial charge in [0.25, 0.3) is 0 Å². The summed E-state index contributed by atoms with van der Waals surface area (Å²) in [4.78, 5) is 8.69. The van der Waals surface area contributed by atoms with E-state index in [0.29, 0.717) is 18.2 Å². The Morgan fingerprint density at radius 3 is 2.55 bits per heavy atom. The SMILES string of the molecule is COc1ccc(COc2cc(OCc3ccc(F)cn3)nc3c2CCCC3)cc1. The first-order chi connectivity index (χ1) is 14.2. The van der Waals surface area contributed by atoms with Gasteiger partial charge in [-0.2, -0.15) is 0 Å². The largest absolute Gasteiger partial charge is 0.497 e. The molecule has 1 aliphatic rings. The molecule has 0 fully saturated rings. The van der Waals surface area contributed by atoms with Crippen LogP contribution in [0.5, 0.6) is 17.4 Å². The number of halogens is 1. The van der Waals surface area contributed by atoms with E-state index in [0.717, 1.165) is 54.0 Å². The van der Waals surface area contributed by atoms with E-state index < -0.39 is 0 Å². The molecule has 0 saturated carbocycles. The number of ether oxygens (including phenoxy) is 3. The van der Waals surface area contributed by atoms with Gasteiger partial charge in [-0.05, 0) is 55.5 Å². The van der Waals surface area contributed by atoms with E-state index in [1.54, 1.807) is 13.2 Å². The lowest BCUT2D eigenvalue weighted by Crippen LogP contribution is -2.10. The van der Waals surface area contributed by atoms with E-state index in [1.165, 1.54) is 12.3 Å². The highest BCUT2D eigenvalue weighted by Crippen LogP contribution is 2.32. The van der Waals surface area contributed by atoms with Crippen molar-refractivity contribution in [1.82, 2.24) is 9.97 Å². The molecule has 0 unspecified atom stereocenters. The molecule has 0 atom stereocenters. The second-order valence-corrected chi connectivity index (χ2v) is 6.98. The zero-order chi connectivity index (χ0) is 20.1. The minimum Gasteiger partial charge on any atom is -0.497 e. The average molecular weight is 394 g/mol. The van der Waals surface area contributed by atoms with E-state index in [4.69, 9.17) is 14.2 Å². The molecule has 0 aliphatic heterocycles. The van der Waals surface area contributed by atoms with Crippen LogP contribution in [0.2, 0.25) is 0 Å². The topological polar surface area (TPSA) is 53.5 Å². The number of hydrogen-bond donors (Lipinski definition) is 0. The number of aryl methyl sites for hydroxylation is 1. The van der Waals surface area contributed by atoms with E-state index in [-0.39, 0.29) is 12.4 Å². The lowest BCUT2D eigenvalue weighted by atomic mass is 9.95. The fourth-order valence-corrected chi connectivity index (χ4v) is 3.37. The molecular formula is C23H23FN2O3. The molecule has 0 amide bonds. The fourth-order valence-electron chi connectivity index (χ4n) is 3.37. The van der Waals surface area contributed by atoms with Crippen molar-refractivity contribution in [3.05, 3.63) is 77.0 Å². The number of fused-ring (bicyclic) bond motifs is 1. The summed E-state index contributed by atoms with van der Waals surface area (Å²) in [5.74, 6) is 1.77. The van der Waals surface area contributed by atoms with Gasteiger partial charge in [0.15, 0.2) is 0 Å². The molecule has 2 aromatic heterocycles. The van der Waals surface area contributed by atoms with Gasteiger partial charge in [-0.1, -0.05) is 12.1 Å². The van der Waals surface area contributed by atoms with Crippen LogP contribution < -0.4 is 14.2 Å². The first-order valence-electron chi connectivity index (χ1n) is 9.73. The zero-order valence-corrected chi connectivity index (χ0v) is 16.4. The van der Waals surface area contributed by atoms with Crippen LogP contribution in [0.4, 0.5) is 4.39 Å². The molecule has 29 heavy (non-hydrogen) atoms. The first kappa shape index (κ1) is 19.2. The summed E-state index contributed by atoms with van der Waals surface area (Å²) in [6, 6.07) is 12.6. The van der Waals surface area contributed by atoms with Gasteiger partial charge in [0.2, 0.25) is 5.88 Å². The highest BCUT2D eigenvalue weighted by molar-refractivity contribution is 5.42. The van der Waals surface area contributed by atoms with E-state index >= 15 is 0 Å². The maximum Gasteiger partial charge on any atom is 0.217 e. The molecule has 1 aromatic carbocycles. The van der Waals surface area contributed by atoms with Gasteiger partial charge in [-0.15, -0.1) is 0 Å². The molecule has 150 valence electrons. The molecule has 0 spiro atoms. The Kier molecular flexibility index (Phi) is 5.89. The maximum atomic E-state index is 13.0. The Balaban J connectivity index is 1.50. The summed E-state index contributed by atoms with van der Waals surface area (Å²) in [6.45, 7) is 0.684. The normalized spacial score (nSPS) is 12.9. The van der Waals surface area contributed by atoms with E-state index in [9.17, 15) is 4.39 Å². The van der Waals surface area contributed by atoms with Crippen molar-refractivity contribution in [2.24, 2.45) is 0 Å². The van der Waals surface area contributed by atoms with Gasteiger partial charge >= 0.3 is 0 Å². The first-order valence-corrected chi connectivity index (χ1v) is 9.73. The molecule has 0 N–H and O–H groups in total. The van der Waals surface area contributed by atoms with Crippen LogP contribution in [0.25, 0.3) is 0 Å². The van der Waals surface area contributed by atoms with Crippen LogP contribution in [0, 0.1) is 5.82 Å². The fraction of sp³-hybridized carbons (Fsp3) is 0.304. The predicted octanol–water partition coefficient (Wildman–Crippen LogP) is 4.66. The van der Waals surface area contributed by atoms with Crippen molar-refractivity contribution >= 4 is 0 Å². The van der Waals surface area contributed by atoms with Crippen LogP contribution in [-0.2, 0) is 26.1 Å². The molecular weight excluding hydrogens is 371 g/mol. The molecule has 6 heteroatoms. The molecule has 3 aromatic rings. The minimum absolute atomic E-state index is 0.226. The van der Waals surface area contributed by atoms with Crippen molar-refractivity contribution in [1.29, 1.82) is 0 Å². The van der Waals surface area contributed by atoms with E-state index in [2.05, 4.69) is 9.97 Å². The summed E-state index contributed by atoms with van der Waals surface area (Å²) in [7, 11) is 1.65. The number of nitrogens with zero attached hydrogens (tertiary/aromatic N) is 2. The zero-order valence-electron chi connectivity index (χ0n) is 16.4. The van der Waals surface area contributed by atoms with Gasteiger partial charge in [0.05, 0.1) is 24.7 Å². The quantitative estimate of drug-likeness (QED) is 0.583. The van der Waals surface area contributed by atoms with Gasteiger partial charge in [0, 0.05) is 11.6 Å². The van der Waals surface area contributed by atoms with Crippen LogP contribution in [0.1, 0.15) is 35.4 Å². The summed E-state index contributed by atoms with van der Waals surface area (Å²) < 4.78 is 30.2. The highest BCUT2D eigenvalue weighted by Gasteiger charge is 2.18. The number of benzene rings is 1. The minimum atomic E-state index is -0.366. The van der Waals surface area contributed by atoms with Crippen molar-refractivity contribution in [2.75, 3.05) is 7.11 Å². The molecule has 0 bridgehead atoms. The van der Waals surface area contributed by atoms with Crippen molar-refractivity contribution < 1.29 is 18.6 Å². The number of rotatable bonds is 7. The van der Waals surface area contributed by atoms with Gasteiger partial charge in [0.1, 0.15) is 30.5 Å². The summed E-state index contributed by atoms with van der Waals surface area (Å²) in [6.07, 6.45) is 5.30. The second-order valence-electron chi connectivity index (χ2n) is 6.98. The smallest absolute Gasteiger partial charge is 0.217 e. The van der Waals surface area contributed by atoms with Crippen LogP contribution in [0.15, 0.2) is 48.7 Å². The Bertz CT molecular complexity index is 959. The molecule has 4 rings (SSSR count). The molecule has 5 nitrogen and oxygen atoms in total. The van der Waals surface area contributed by atoms with Gasteiger partial charge in [-0.25, -0.2) is 9.37 Å². The van der Waals surface area contributed by atoms with Crippen LogP contribution in [-0.4, -0.2) is 17.1 Å². The number of methoxy groups -OCH3 is 1. The second kappa shape index (κ2) is 8.90. The molecule has 0 radical (unpaired) electrons. The lowest BCUT2D eigenvalue weighted by Gasteiger charge is -2.20. The maximum absolute atomic E-state index is 13.0. The highest BCUT2D eigenvalue weighted by atomic mass is 19.1. The van der Waals surface area contributed by atoms with Gasteiger partial charge < -0.3 is 14.2 Å². The Hall–Kier alpha value is -3.15. The third kappa shape index (κ3) is 4.83. The van der Waals surface area contributed by atoms with Gasteiger partial charge in [-0.3, -0.25) is 4.98 Å².